The summed E-state index contributed by atoms with van der Waals surface area (Å²) in [4.78, 5) is 20.0. The molecule has 0 unspecified atom stereocenters. The van der Waals surface area contributed by atoms with E-state index in [9.17, 15) is 18.0 Å². The van der Waals surface area contributed by atoms with Crippen molar-refractivity contribution in [2.45, 2.75) is 20.0 Å². The number of hydrogen-bond donors (Lipinski definition) is 0. The fraction of sp³-hybridized carbons (Fsp3) is 0.267. The number of hydrogen-bond acceptors (Lipinski definition) is 5. The third-order valence-electron chi connectivity index (χ3n) is 3.39. The van der Waals surface area contributed by atoms with Gasteiger partial charge >= 0.3 is 12.1 Å². The smallest absolute Gasteiger partial charge is 0.417 e. The average Bonchev–Trinajstić information content (AvgIpc) is 3.11. The Kier molecular flexibility index (Phi) is 3.78. The van der Waals surface area contributed by atoms with Crippen LogP contribution in [0.25, 0.3) is 17.0 Å². The van der Waals surface area contributed by atoms with E-state index in [1.165, 1.54) is 13.1 Å². The van der Waals surface area contributed by atoms with Gasteiger partial charge in [0.05, 0.1) is 29.6 Å². The number of halogens is 3. The monoisotopic (exact) mass is 339 g/mol. The first-order valence-corrected chi connectivity index (χ1v) is 6.98. The number of alkyl halides is 3. The molecule has 0 N–H and O–H groups in total. The summed E-state index contributed by atoms with van der Waals surface area (Å²) in [5, 5.41) is 0. The lowest BCUT2D eigenvalue weighted by Crippen LogP contribution is -2.12. The highest BCUT2D eigenvalue weighted by molar-refractivity contribution is 5.91. The number of pyridine rings is 1. The lowest BCUT2D eigenvalue weighted by Gasteiger charge is -2.11. The van der Waals surface area contributed by atoms with Crippen molar-refractivity contribution in [2.75, 3.05) is 6.61 Å². The van der Waals surface area contributed by atoms with E-state index in [2.05, 4.69) is 9.97 Å². The van der Waals surface area contributed by atoms with Crippen LogP contribution in [-0.2, 0) is 10.9 Å². The van der Waals surface area contributed by atoms with Crippen molar-refractivity contribution in [2.24, 2.45) is 0 Å². The first-order chi connectivity index (χ1) is 11.3. The van der Waals surface area contributed by atoms with E-state index in [4.69, 9.17) is 9.15 Å². The van der Waals surface area contributed by atoms with Crippen molar-refractivity contribution < 1.29 is 27.1 Å². The minimum atomic E-state index is -4.60. The minimum absolute atomic E-state index is 0.0567. The van der Waals surface area contributed by atoms with E-state index < -0.39 is 17.7 Å². The van der Waals surface area contributed by atoms with E-state index >= 15 is 0 Å². The zero-order chi connectivity index (χ0) is 17.5. The van der Waals surface area contributed by atoms with Gasteiger partial charge in [-0.1, -0.05) is 0 Å². The Labute approximate surface area is 133 Å². The lowest BCUT2D eigenvalue weighted by atomic mass is 10.1. The first-order valence-electron chi connectivity index (χ1n) is 6.98. The molecule has 0 aliphatic rings. The summed E-state index contributed by atoms with van der Waals surface area (Å²) in [6, 6.07) is 0.914. The quantitative estimate of drug-likeness (QED) is 0.683. The molecule has 3 heterocycles. The zero-order valence-corrected chi connectivity index (χ0v) is 12.7. The van der Waals surface area contributed by atoms with E-state index in [0.717, 1.165) is 23.1 Å². The van der Waals surface area contributed by atoms with Gasteiger partial charge < -0.3 is 9.15 Å². The molecule has 0 saturated heterocycles. The fourth-order valence-corrected chi connectivity index (χ4v) is 2.39. The maximum atomic E-state index is 13.2. The molecular weight excluding hydrogens is 327 g/mol. The van der Waals surface area contributed by atoms with Crippen molar-refractivity contribution in [3.63, 3.8) is 0 Å². The predicted molar refractivity (Wildman–Crippen MR) is 76.4 cm³/mol. The maximum absolute atomic E-state index is 13.2. The Balaban J connectivity index is 2.35. The highest BCUT2D eigenvalue weighted by Crippen LogP contribution is 2.35. The Hall–Kier alpha value is -2.84. The van der Waals surface area contributed by atoms with Gasteiger partial charge in [0.2, 0.25) is 0 Å². The van der Waals surface area contributed by atoms with Gasteiger partial charge in [-0.25, -0.2) is 14.8 Å². The van der Waals surface area contributed by atoms with Gasteiger partial charge in [-0.3, -0.25) is 4.40 Å². The highest BCUT2D eigenvalue weighted by Gasteiger charge is 2.33. The van der Waals surface area contributed by atoms with Crippen LogP contribution in [0.4, 0.5) is 13.2 Å². The van der Waals surface area contributed by atoms with Crippen molar-refractivity contribution in [3.05, 3.63) is 41.8 Å². The molecule has 3 aromatic rings. The molecule has 0 spiro atoms. The molecule has 0 amide bonds. The first kappa shape index (κ1) is 16.0. The molecular formula is C15H12F3N3O3. The third kappa shape index (κ3) is 2.61. The second kappa shape index (κ2) is 5.66. The summed E-state index contributed by atoms with van der Waals surface area (Å²) < 4.78 is 50.8. The molecule has 126 valence electrons. The number of aromatic nitrogens is 3. The van der Waals surface area contributed by atoms with Crippen LogP contribution in [0.15, 0.2) is 29.3 Å². The van der Waals surface area contributed by atoms with E-state index in [0.29, 0.717) is 0 Å². The van der Waals surface area contributed by atoms with Crippen LogP contribution < -0.4 is 0 Å². The maximum Gasteiger partial charge on any atom is 0.417 e. The van der Waals surface area contributed by atoms with E-state index in [1.54, 1.807) is 6.92 Å². The number of imidazole rings is 1. The summed E-state index contributed by atoms with van der Waals surface area (Å²) in [5.41, 5.74) is -0.502. The van der Waals surface area contributed by atoms with E-state index in [1.807, 2.05) is 0 Å². The summed E-state index contributed by atoms with van der Waals surface area (Å²) in [5.74, 6) is -0.628. The molecule has 0 aliphatic heterocycles. The second-order valence-electron chi connectivity index (χ2n) is 4.97. The van der Waals surface area contributed by atoms with Crippen LogP contribution >= 0.6 is 0 Å². The third-order valence-corrected chi connectivity index (χ3v) is 3.39. The summed E-state index contributed by atoms with van der Waals surface area (Å²) in [7, 11) is 0. The lowest BCUT2D eigenvalue weighted by molar-refractivity contribution is -0.137. The molecule has 9 heteroatoms. The van der Waals surface area contributed by atoms with Crippen LogP contribution in [0, 0.1) is 6.92 Å². The molecule has 3 rings (SSSR count). The molecule has 3 aromatic heterocycles. The number of esters is 1. The van der Waals surface area contributed by atoms with Crippen molar-refractivity contribution in [3.8, 4) is 11.3 Å². The Bertz CT molecular complexity index is 898. The summed E-state index contributed by atoms with van der Waals surface area (Å²) in [6.45, 7) is 3.23. The number of carbonyl (C=O) groups excluding carboxylic acids is 1. The molecule has 0 bridgehead atoms. The van der Waals surface area contributed by atoms with Crippen molar-refractivity contribution in [1.82, 2.24) is 14.4 Å². The normalized spacial score (nSPS) is 11.9. The van der Waals surface area contributed by atoms with Gasteiger partial charge in [0.25, 0.3) is 0 Å². The topological polar surface area (TPSA) is 69.6 Å². The van der Waals surface area contributed by atoms with Gasteiger partial charge in [-0.05, 0) is 19.9 Å². The molecule has 0 radical (unpaired) electrons. The molecule has 24 heavy (non-hydrogen) atoms. The second-order valence-corrected chi connectivity index (χ2v) is 4.97. The average molecular weight is 339 g/mol. The Morgan fingerprint density at radius 1 is 1.42 bits per heavy atom. The van der Waals surface area contributed by atoms with E-state index in [-0.39, 0.29) is 35.0 Å². The van der Waals surface area contributed by atoms with Gasteiger partial charge in [-0.15, -0.1) is 0 Å². The largest absolute Gasteiger partial charge is 0.461 e. The van der Waals surface area contributed by atoms with Crippen molar-refractivity contribution in [1.29, 1.82) is 0 Å². The minimum Gasteiger partial charge on any atom is -0.461 e. The standard InChI is InChI=1S/C15H12F3N3O3/c1-3-23-14(22)12-8(2)20-13-10(11-5-19-7-24-11)4-9(6-21(12)13)15(16,17)18/h4-7H,3H2,1-2H3. The zero-order valence-electron chi connectivity index (χ0n) is 12.7. The predicted octanol–water partition coefficient (Wildman–Crippen LogP) is 3.49. The van der Waals surface area contributed by atoms with Crippen molar-refractivity contribution >= 4 is 11.6 Å². The molecule has 0 fully saturated rings. The van der Waals surface area contributed by atoms with Gasteiger partial charge in [-0.2, -0.15) is 13.2 Å². The Morgan fingerprint density at radius 3 is 2.75 bits per heavy atom. The highest BCUT2D eigenvalue weighted by atomic mass is 19.4. The number of ether oxygens (including phenoxy) is 1. The summed E-state index contributed by atoms with van der Waals surface area (Å²) in [6.07, 6.45) is -1.40. The molecule has 0 aliphatic carbocycles. The van der Waals surface area contributed by atoms with Crippen LogP contribution in [-0.4, -0.2) is 26.9 Å². The van der Waals surface area contributed by atoms with Gasteiger partial charge in [0.1, 0.15) is 5.65 Å². The number of rotatable bonds is 3. The fourth-order valence-electron chi connectivity index (χ4n) is 2.39. The van der Waals surface area contributed by atoms with Gasteiger partial charge in [0.15, 0.2) is 17.8 Å². The molecule has 0 saturated carbocycles. The van der Waals surface area contributed by atoms with Crippen LogP contribution in [0.1, 0.15) is 28.7 Å². The van der Waals surface area contributed by atoms with Crippen LogP contribution in [0.5, 0.6) is 0 Å². The Morgan fingerprint density at radius 2 is 2.17 bits per heavy atom. The number of fused-ring (bicyclic) bond motifs is 1. The molecule has 0 aromatic carbocycles. The number of carbonyl (C=O) groups is 1. The molecule has 0 atom stereocenters. The molecule has 6 nitrogen and oxygen atoms in total. The number of aryl methyl sites for hydroxylation is 1. The van der Waals surface area contributed by atoms with Crippen LogP contribution in [0.2, 0.25) is 0 Å². The van der Waals surface area contributed by atoms with Crippen LogP contribution in [0.3, 0.4) is 0 Å². The number of oxazole rings is 1. The number of nitrogens with zero attached hydrogens (tertiary/aromatic N) is 3. The summed E-state index contributed by atoms with van der Waals surface area (Å²) >= 11 is 0. The van der Waals surface area contributed by atoms with Gasteiger partial charge in [0, 0.05) is 6.20 Å². The SMILES string of the molecule is CCOC(=O)c1c(C)nc2c(-c3cnco3)cc(C(F)(F)F)cn12.